The lowest BCUT2D eigenvalue weighted by atomic mass is 9.93. The Balaban J connectivity index is 1.51. The second-order valence-electron chi connectivity index (χ2n) is 6.95. The van der Waals surface area contributed by atoms with Gasteiger partial charge in [-0.1, -0.05) is 24.3 Å². The number of amides is 1. The molecule has 0 saturated carbocycles. The van der Waals surface area contributed by atoms with Gasteiger partial charge in [-0.25, -0.2) is 0 Å². The van der Waals surface area contributed by atoms with Crippen LogP contribution in [0.2, 0.25) is 0 Å². The first-order chi connectivity index (χ1) is 11.1. The van der Waals surface area contributed by atoms with Gasteiger partial charge in [-0.3, -0.25) is 4.79 Å². The second-order valence-corrected chi connectivity index (χ2v) is 6.95. The first-order valence-electron chi connectivity index (χ1n) is 8.82. The maximum Gasteiger partial charge on any atom is 0.236 e. The lowest BCUT2D eigenvalue weighted by Crippen LogP contribution is -2.41. The summed E-state index contributed by atoms with van der Waals surface area (Å²) in [7, 11) is 0. The highest BCUT2D eigenvalue weighted by molar-refractivity contribution is 5.79. The SMILES string of the molecule is Cc1ccccc1[C@@H]1C[C@@H](C)N(C(=O)CNC[C@@H]2CCCO2)C1. The van der Waals surface area contributed by atoms with E-state index in [4.69, 9.17) is 4.74 Å². The average Bonchev–Trinajstić information content (AvgIpc) is 3.17. The van der Waals surface area contributed by atoms with Crippen LogP contribution in [0.3, 0.4) is 0 Å². The zero-order valence-corrected chi connectivity index (χ0v) is 14.3. The van der Waals surface area contributed by atoms with Gasteiger partial charge in [0.2, 0.25) is 5.91 Å². The summed E-state index contributed by atoms with van der Waals surface area (Å²) in [6.07, 6.45) is 3.60. The molecule has 4 nitrogen and oxygen atoms in total. The molecule has 0 aromatic heterocycles. The molecule has 23 heavy (non-hydrogen) atoms. The van der Waals surface area contributed by atoms with Crippen LogP contribution < -0.4 is 5.32 Å². The van der Waals surface area contributed by atoms with Gasteiger partial charge in [0.15, 0.2) is 0 Å². The van der Waals surface area contributed by atoms with Crippen molar-refractivity contribution in [3.63, 3.8) is 0 Å². The summed E-state index contributed by atoms with van der Waals surface area (Å²) in [4.78, 5) is 14.6. The molecule has 2 heterocycles. The Hall–Kier alpha value is -1.39. The molecule has 4 heteroatoms. The minimum Gasteiger partial charge on any atom is -0.377 e. The van der Waals surface area contributed by atoms with Crippen LogP contribution in [0.1, 0.15) is 43.2 Å². The smallest absolute Gasteiger partial charge is 0.236 e. The Morgan fingerprint density at radius 2 is 2.22 bits per heavy atom. The number of aryl methyl sites for hydroxylation is 1. The molecule has 0 unspecified atom stereocenters. The predicted molar refractivity (Wildman–Crippen MR) is 91.6 cm³/mol. The van der Waals surface area contributed by atoms with Crippen molar-refractivity contribution in [3.8, 4) is 0 Å². The summed E-state index contributed by atoms with van der Waals surface area (Å²) < 4.78 is 5.58. The number of nitrogens with one attached hydrogen (secondary N) is 1. The summed E-state index contributed by atoms with van der Waals surface area (Å²) in [6.45, 7) is 7.23. The van der Waals surface area contributed by atoms with Gasteiger partial charge in [0, 0.05) is 31.7 Å². The lowest BCUT2D eigenvalue weighted by molar-refractivity contribution is -0.130. The van der Waals surface area contributed by atoms with Gasteiger partial charge in [-0.05, 0) is 44.2 Å². The van der Waals surface area contributed by atoms with Crippen molar-refractivity contribution < 1.29 is 9.53 Å². The van der Waals surface area contributed by atoms with Crippen LogP contribution in [0.15, 0.2) is 24.3 Å². The van der Waals surface area contributed by atoms with Crippen molar-refractivity contribution >= 4 is 5.91 Å². The van der Waals surface area contributed by atoms with Gasteiger partial charge >= 0.3 is 0 Å². The Labute approximate surface area is 139 Å². The summed E-state index contributed by atoms with van der Waals surface area (Å²) in [5, 5.41) is 3.27. The fourth-order valence-electron chi connectivity index (χ4n) is 3.90. The third kappa shape index (κ3) is 3.93. The standard InChI is InChI=1S/C19H28N2O2/c1-14-6-3-4-8-18(14)16-10-15(2)21(13-16)19(22)12-20-11-17-7-5-9-23-17/h3-4,6,8,15-17,20H,5,7,9-13H2,1-2H3/t15-,16-,17+/m1/s1. The van der Waals surface area contributed by atoms with E-state index in [1.165, 1.54) is 11.1 Å². The lowest BCUT2D eigenvalue weighted by Gasteiger charge is -2.22. The molecule has 1 aromatic carbocycles. The van der Waals surface area contributed by atoms with Gasteiger partial charge in [0.05, 0.1) is 12.6 Å². The van der Waals surface area contributed by atoms with E-state index in [1.54, 1.807) is 0 Å². The highest BCUT2D eigenvalue weighted by atomic mass is 16.5. The molecule has 1 N–H and O–H groups in total. The van der Waals surface area contributed by atoms with Gasteiger partial charge in [-0.15, -0.1) is 0 Å². The number of carbonyl (C=O) groups excluding carboxylic acids is 1. The maximum atomic E-state index is 12.5. The first-order valence-corrected chi connectivity index (χ1v) is 8.82. The topological polar surface area (TPSA) is 41.6 Å². The summed E-state index contributed by atoms with van der Waals surface area (Å²) in [5.74, 6) is 0.680. The van der Waals surface area contributed by atoms with E-state index in [0.717, 1.165) is 39.0 Å². The van der Waals surface area contributed by atoms with E-state index in [1.807, 2.05) is 4.90 Å². The summed E-state index contributed by atoms with van der Waals surface area (Å²) in [5.41, 5.74) is 2.72. The van der Waals surface area contributed by atoms with Crippen molar-refractivity contribution in [3.05, 3.63) is 35.4 Å². The predicted octanol–water partition coefficient (Wildman–Crippen LogP) is 2.47. The third-order valence-corrected chi connectivity index (χ3v) is 5.20. The third-order valence-electron chi connectivity index (χ3n) is 5.20. The monoisotopic (exact) mass is 316 g/mol. The number of hydrogen-bond acceptors (Lipinski definition) is 3. The van der Waals surface area contributed by atoms with E-state index >= 15 is 0 Å². The summed E-state index contributed by atoms with van der Waals surface area (Å²) in [6, 6.07) is 8.86. The number of hydrogen-bond donors (Lipinski definition) is 1. The largest absolute Gasteiger partial charge is 0.377 e. The Bertz CT molecular complexity index is 540. The van der Waals surface area contributed by atoms with Crippen molar-refractivity contribution in [1.82, 2.24) is 10.2 Å². The molecule has 3 rings (SSSR count). The quantitative estimate of drug-likeness (QED) is 0.907. The van der Waals surface area contributed by atoms with Crippen LogP contribution in [-0.2, 0) is 9.53 Å². The van der Waals surface area contributed by atoms with E-state index in [-0.39, 0.29) is 5.91 Å². The Kier molecular flexibility index (Phi) is 5.34. The molecule has 1 aromatic rings. The first kappa shape index (κ1) is 16.5. The molecule has 0 spiro atoms. The van der Waals surface area contributed by atoms with E-state index in [0.29, 0.717) is 24.6 Å². The van der Waals surface area contributed by atoms with E-state index in [2.05, 4.69) is 43.4 Å². The van der Waals surface area contributed by atoms with Crippen molar-refractivity contribution in [1.29, 1.82) is 0 Å². The Morgan fingerprint density at radius 3 is 2.96 bits per heavy atom. The zero-order valence-electron chi connectivity index (χ0n) is 14.3. The maximum absolute atomic E-state index is 12.5. The molecule has 0 bridgehead atoms. The van der Waals surface area contributed by atoms with Crippen LogP contribution in [0.4, 0.5) is 0 Å². The van der Waals surface area contributed by atoms with Gasteiger partial charge in [0.1, 0.15) is 0 Å². The van der Waals surface area contributed by atoms with E-state index < -0.39 is 0 Å². The molecule has 2 fully saturated rings. The van der Waals surface area contributed by atoms with Crippen molar-refractivity contribution in [2.75, 3.05) is 26.2 Å². The number of carbonyl (C=O) groups is 1. The second kappa shape index (κ2) is 7.45. The number of likely N-dealkylation sites (tertiary alicyclic amines) is 1. The number of benzene rings is 1. The van der Waals surface area contributed by atoms with E-state index in [9.17, 15) is 4.79 Å². The highest BCUT2D eigenvalue weighted by Crippen LogP contribution is 2.33. The molecule has 0 radical (unpaired) electrons. The number of nitrogens with zero attached hydrogens (tertiary/aromatic N) is 1. The molecule has 126 valence electrons. The van der Waals surface area contributed by atoms with Crippen LogP contribution >= 0.6 is 0 Å². The molecular weight excluding hydrogens is 288 g/mol. The number of ether oxygens (including phenoxy) is 1. The molecule has 2 saturated heterocycles. The number of rotatable bonds is 5. The van der Waals surface area contributed by atoms with Crippen LogP contribution in [-0.4, -0.2) is 49.2 Å². The minimum atomic E-state index is 0.214. The van der Waals surface area contributed by atoms with Gasteiger partial charge in [0.25, 0.3) is 0 Å². The van der Waals surface area contributed by atoms with Crippen LogP contribution in [0.25, 0.3) is 0 Å². The molecule has 0 aliphatic carbocycles. The van der Waals surface area contributed by atoms with Gasteiger partial charge < -0.3 is 15.0 Å². The zero-order chi connectivity index (χ0) is 16.2. The molecule has 2 aliphatic heterocycles. The van der Waals surface area contributed by atoms with Crippen LogP contribution in [0.5, 0.6) is 0 Å². The molecular formula is C19H28N2O2. The minimum absolute atomic E-state index is 0.214. The van der Waals surface area contributed by atoms with Crippen molar-refractivity contribution in [2.45, 2.75) is 51.2 Å². The average molecular weight is 316 g/mol. The van der Waals surface area contributed by atoms with Gasteiger partial charge in [-0.2, -0.15) is 0 Å². The molecule has 1 amide bonds. The normalized spacial score (nSPS) is 27.6. The van der Waals surface area contributed by atoms with Crippen LogP contribution in [0, 0.1) is 6.92 Å². The summed E-state index contributed by atoms with van der Waals surface area (Å²) >= 11 is 0. The molecule has 2 aliphatic rings. The fraction of sp³-hybridized carbons (Fsp3) is 0.632. The van der Waals surface area contributed by atoms with Crippen molar-refractivity contribution in [2.24, 2.45) is 0 Å². The Morgan fingerprint density at radius 1 is 1.39 bits per heavy atom. The fourth-order valence-corrected chi connectivity index (χ4v) is 3.90. The molecule has 3 atom stereocenters. The highest BCUT2D eigenvalue weighted by Gasteiger charge is 2.33.